The molecule has 2 heterocycles. The minimum Gasteiger partial charge on any atom is -0.337 e. The van der Waals surface area contributed by atoms with Crippen LogP contribution in [0.15, 0.2) is 36.7 Å². The molecule has 2 aromatic rings. The van der Waals surface area contributed by atoms with Gasteiger partial charge in [0, 0.05) is 51.2 Å². The molecule has 0 unspecified atom stereocenters. The van der Waals surface area contributed by atoms with Crippen molar-refractivity contribution in [1.29, 1.82) is 5.26 Å². The van der Waals surface area contributed by atoms with E-state index in [1.807, 2.05) is 28.9 Å². The quantitative estimate of drug-likeness (QED) is 0.861. The average molecular weight is 323 g/mol. The Hall–Kier alpha value is -2.65. The second-order valence-electron chi connectivity index (χ2n) is 6.07. The number of nitriles is 1. The van der Waals surface area contributed by atoms with Crippen LogP contribution >= 0.6 is 0 Å². The van der Waals surface area contributed by atoms with E-state index in [1.165, 1.54) is 0 Å². The van der Waals surface area contributed by atoms with Gasteiger partial charge in [-0.3, -0.25) is 9.69 Å². The van der Waals surface area contributed by atoms with E-state index in [2.05, 4.69) is 16.0 Å². The molecule has 0 atom stereocenters. The molecule has 24 heavy (non-hydrogen) atoms. The van der Waals surface area contributed by atoms with Gasteiger partial charge in [0.2, 0.25) is 0 Å². The fourth-order valence-electron chi connectivity index (χ4n) is 2.95. The highest BCUT2D eigenvalue weighted by atomic mass is 16.2. The number of hydrogen-bond acceptors (Lipinski definition) is 4. The summed E-state index contributed by atoms with van der Waals surface area (Å²) in [6, 6.07) is 8.93. The lowest BCUT2D eigenvalue weighted by molar-refractivity contribution is 0.0761. The van der Waals surface area contributed by atoms with Crippen molar-refractivity contribution in [3.05, 3.63) is 53.6 Å². The molecule has 0 N–H and O–H groups in total. The molecule has 6 heteroatoms. The van der Waals surface area contributed by atoms with Gasteiger partial charge in [-0.2, -0.15) is 5.26 Å². The summed E-state index contributed by atoms with van der Waals surface area (Å²) < 4.78 is 2.03. The molecular formula is C18H21N5O. The van der Waals surface area contributed by atoms with Gasteiger partial charge in [0.05, 0.1) is 18.2 Å². The number of nitrogens with zero attached hydrogens (tertiary/aromatic N) is 5. The molecule has 6 nitrogen and oxygen atoms in total. The standard InChI is InChI=1S/C18H21N5O/c1-21-10-7-20-17(21)14-22-8-2-9-23(12-11-22)18(24)16-5-3-15(13-19)4-6-16/h3-7,10H,2,8-9,11-12,14H2,1H3. The molecule has 1 aromatic carbocycles. The largest absolute Gasteiger partial charge is 0.337 e. The Labute approximate surface area is 141 Å². The summed E-state index contributed by atoms with van der Waals surface area (Å²) in [6.45, 7) is 4.08. The van der Waals surface area contributed by atoms with Gasteiger partial charge in [0.1, 0.15) is 5.82 Å². The number of hydrogen-bond donors (Lipinski definition) is 0. The summed E-state index contributed by atoms with van der Waals surface area (Å²) in [6.07, 6.45) is 4.72. The molecule has 1 aromatic heterocycles. The third-order valence-corrected chi connectivity index (χ3v) is 4.42. The fourth-order valence-corrected chi connectivity index (χ4v) is 2.95. The number of rotatable bonds is 3. The Bertz CT molecular complexity index is 744. The van der Waals surface area contributed by atoms with E-state index in [1.54, 1.807) is 24.3 Å². The maximum Gasteiger partial charge on any atom is 0.253 e. The van der Waals surface area contributed by atoms with Crippen molar-refractivity contribution in [3.8, 4) is 6.07 Å². The van der Waals surface area contributed by atoms with Crippen LogP contribution in [-0.2, 0) is 13.6 Å². The van der Waals surface area contributed by atoms with Crippen LogP contribution in [0.5, 0.6) is 0 Å². The monoisotopic (exact) mass is 323 g/mol. The Morgan fingerprint density at radius 3 is 2.67 bits per heavy atom. The van der Waals surface area contributed by atoms with Gasteiger partial charge >= 0.3 is 0 Å². The van der Waals surface area contributed by atoms with Crippen molar-refractivity contribution < 1.29 is 4.79 Å². The predicted octanol–water partition coefficient (Wildman–Crippen LogP) is 1.64. The number of carbonyl (C=O) groups is 1. The number of imidazole rings is 1. The van der Waals surface area contributed by atoms with Crippen molar-refractivity contribution in [3.63, 3.8) is 0 Å². The summed E-state index contributed by atoms with van der Waals surface area (Å²) in [5.74, 6) is 1.08. The van der Waals surface area contributed by atoms with Crippen LogP contribution in [0.2, 0.25) is 0 Å². The van der Waals surface area contributed by atoms with Crippen molar-refractivity contribution in [2.45, 2.75) is 13.0 Å². The molecule has 0 aliphatic carbocycles. The van der Waals surface area contributed by atoms with Crippen LogP contribution in [0.25, 0.3) is 0 Å². The molecule has 0 radical (unpaired) electrons. The van der Waals surface area contributed by atoms with E-state index >= 15 is 0 Å². The molecule has 124 valence electrons. The fraction of sp³-hybridized carbons (Fsp3) is 0.389. The minimum absolute atomic E-state index is 0.0401. The molecule has 1 amide bonds. The van der Waals surface area contributed by atoms with E-state index < -0.39 is 0 Å². The Balaban J connectivity index is 1.61. The first-order chi connectivity index (χ1) is 11.7. The number of aryl methyl sites for hydroxylation is 1. The molecule has 3 rings (SSSR count). The maximum absolute atomic E-state index is 12.6. The van der Waals surface area contributed by atoms with Crippen molar-refractivity contribution in [2.75, 3.05) is 26.2 Å². The van der Waals surface area contributed by atoms with Crippen LogP contribution in [0.1, 0.15) is 28.2 Å². The molecular weight excluding hydrogens is 302 g/mol. The lowest BCUT2D eigenvalue weighted by atomic mass is 10.1. The van der Waals surface area contributed by atoms with E-state index in [4.69, 9.17) is 5.26 Å². The van der Waals surface area contributed by atoms with Crippen LogP contribution in [0, 0.1) is 11.3 Å². The molecule has 0 saturated carbocycles. The van der Waals surface area contributed by atoms with Crippen molar-refractivity contribution in [2.24, 2.45) is 7.05 Å². The average Bonchev–Trinajstić information content (AvgIpc) is 2.87. The summed E-state index contributed by atoms with van der Waals surface area (Å²) >= 11 is 0. The van der Waals surface area contributed by atoms with E-state index in [-0.39, 0.29) is 5.91 Å². The normalized spacial score (nSPS) is 15.8. The molecule has 0 bridgehead atoms. The predicted molar refractivity (Wildman–Crippen MR) is 90.2 cm³/mol. The first-order valence-electron chi connectivity index (χ1n) is 8.15. The Morgan fingerprint density at radius 1 is 1.21 bits per heavy atom. The molecule has 0 spiro atoms. The zero-order chi connectivity index (χ0) is 16.9. The smallest absolute Gasteiger partial charge is 0.253 e. The zero-order valence-electron chi connectivity index (χ0n) is 13.9. The first-order valence-corrected chi connectivity index (χ1v) is 8.15. The minimum atomic E-state index is 0.0401. The lowest BCUT2D eigenvalue weighted by Crippen LogP contribution is -2.35. The molecule has 1 aliphatic rings. The zero-order valence-corrected chi connectivity index (χ0v) is 13.9. The van der Waals surface area contributed by atoms with E-state index in [9.17, 15) is 4.79 Å². The van der Waals surface area contributed by atoms with E-state index in [0.29, 0.717) is 17.7 Å². The molecule has 1 fully saturated rings. The summed E-state index contributed by atoms with van der Waals surface area (Å²) in [5, 5.41) is 8.85. The summed E-state index contributed by atoms with van der Waals surface area (Å²) in [7, 11) is 2.00. The summed E-state index contributed by atoms with van der Waals surface area (Å²) in [5.41, 5.74) is 1.22. The highest BCUT2D eigenvalue weighted by molar-refractivity contribution is 5.94. The van der Waals surface area contributed by atoms with Gasteiger partial charge in [-0.15, -0.1) is 0 Å². The van der Waals surface area contributed by atoms with Crippen molar-refractivity contribution in [1.82, 2.24) is 19.4 Å². The van der Waals surface area contributed by atoms with Gasteiger partial charge in [-0.1, -0.05) is 0 Å². The van der Waals surface area contributed by atoms with Crippen LogP contribution in [0.4, 0.5) is 0 Å². The van der Waals surface area contributed by atoms with Crippen LogP contribution in [-0.4, -0.2) is 51.4 Å². The number of amides is 1. The highest BCUT2D eigenvalue weighted by Gasteiger charge is 2.21. The van der Waals surface area contributed by atoms with Crippen molar-refractivity contribution >= 4 is 5.91 Å². The van der Waals surface area contributed by atoms with Crippen LogP contribution < -0.4 is 0 Å². The van der Waals surface area contributed by atoms with Crippen LogP contribution in [0.3, 0.4) is 0 Å². The second-order valence-corrected chi connectivity index (χ2v) is 6.07. The third-order valence-electron chi connectivity index (χ3n) is 4.42. The highest BCUT2D eigenvalue weighted by Crippen LogP contribution is 2.12. The summed E-state index contributed by atoms with van der Waals surface area (Å²) in [4.78, 5) is 21.3. The van der Waals surface area contributed by atoms with Gasteiger partial charge in [-0.05, 0) is 30.7 Å². The maximum atomic E-state index is 12.6. The topological polar surface area (TPSA) is 65.2 Å². The SMILES string of the molecule is Cn1ccnc1CN1CCCN(C(=O)c2ccc(C#N)cc2)CC1. The molecule has 1 aliphatic heterocycles. The third kappa shape index (κ3) is 3.63. The Kier molecular flexibility index (Phi) is 4.92. The Morgan fingerprint density at radius 2 is 2.00 bits per heavy atom. The van der Waals surface area contributed by atoms with Gasteiger partial charge in [0.15, 0.2) is 0 Å². The lowest BCUT2D eigenvalue weighted by Gasteiger charge is -2.22. The number of carbonyl (C=O) groups excluding carboxylic acids is 1. The second kappa shape index (κ2) is 7.28. The van der Waals surface area contributed by atoms with E-state index in [0.717, 1.165) is 38.4 Å². The first kappa shape index (κ1) is 16.2. The van der Waals surface area contributed by atoms with Gasteiger partial charge in [-0.25, -0.2) is 4.98 Å². The van der Waals surface area contributed by atoms with Gasteiger partial charge in [0.25, 0.3) is 5.91 Å². The molecule has 1 saturated heterocycles. The van der Waals surface area contributed by atoms with Gasteiger partial charge < -0.3 is 9.47 Å². The number of benzene rings is 1. The number of aromatic nitrogens is 2.